The average Bonchev–Trinajstić information content (AvgIpc) is 3.67. The van der Waals surface area contributed by atoms with Gasteiger partial charge in [-0.3, -0.25) is 19.3 Å². The highest BCUT2D eigenvalue weighted by molar-refractivity contribution is 5.99. The minimum atomic E-state index is -1.15. The van der Waals surface area contributed by atoms with Crippen LogP contribution < -0.4 is 5.32 Å². The lowest BCUT2D eigenvalue weighted by Gasteiger charge is -2.25. The molecule has 174 valence electrons. The van der Waals surface area contributed by atoms with E-state index < -0.39 is 43.8 Å². The van der Waals surface area contributed by atoms with Crippen LogP contribution in [0.1, 0.15) is 0 Å². The van der Waals surface area contributed by atoms with Gasteiger partial charge >= 0.3 is 24.0 Å². The topological polar surface area (TPSA) is 166 Å². The zero-order valence-electron chi connectivity index (χ0n) is 17.0. The summed E-state index contributed by atoms with van der Waals surface area (Å²) in [6.45, 7) is -0.562. The summed E-state index contributed by atoms with van der Waals surface area (Å²) in [5, 5.41) is 2.19. The van der Waals surface area contributed by atoms with Crippen molar-refractivity contribution in [3.8, 4) is 0 Å². The van der Waals surface area contributed by atoms with E-state index >= 15 is 0 Å². The molecular weight excluding hydrogens is 422 g/mol. The van der Waals surface area contributed by atoms with Crippen molar-refractivity contribution in [1.29, 1.82) is 0 Å². The van der Waals surface area contributed by atoms with Crippen molar-refractivity contribution in [2.45, 2.75) is 12.2 Å². The van der Waals surface area contributed by atoms with Crippen molar-refractivity contribution in [3.05, 3.63) is 0 Å². The third kappa shape index (κ3) is 9.69. The summed E-state index contributed by atoms with van der Waals surface area (Å²) in [7, 11) is 1.43. The Morgan fingerprint density at radius 2 is 1.65 bits per heavy atom. The van der Waals surface area contributed by atoms with Crippen molar-refractivity contribution < 1.29 is 52.4 Å². The van der Waals surface area contributed by atoms with Gasteiger partial charge in [0.2, 0.25) is 6.41 Å². The highest BCUT2D eigenvalue weighted by atomic mass is 16.6. The predicted octanol–water partition coefficient (Wildman–Crippen LogP) is -1.92. The number of carbonyl (C=O) groups excluding carboxylic acids is 5. The molecule has 2 atom stereocenters. The van der Waals surface area contributed by atoms with Crippen molar-refractivity contribution >= 4 is 30.4 Å². The van der Waals surface area contributed by atoms with Crippen LogP contribution in [0.3, 0.4) is 0 Å². The number of rotatable bonds is 14. The van der Waals surface area contributed by atoms with Gasteiger partial charge in [0.25, 0.3) is 0 Å². The number of esters is 2. The maximum atomic E-state index is 12.6. The molecule has 0 aliphatic carbocycles. The Bertz CT molecular complexity index is 651. The van der Waals surface area contributed by atoms with E-state index in [1.54, 1.807) is 0 Å². The van der Waals surface area contributed by atoms with Gasteiger partial charge in [0.15, 0.2) is 0 Å². The molecule has 0 bridgehead atoms. The van der Waals surface area contributed by atoms with E-state index in [-0.39, 0.29) is 45.0 Å². The van der Waals surface area contributed by atoms with Crippen LogP contribution in [0.25, 0.3) is 0 Å². The summed E-state index contributed by atoms with van der Waals surface area (Å²) >= 11 is 0. The molecule has 31 heavy (non-hydrogen) atoms. The molecule has 2 saturated heterocycles. The molecular formula is C17H25N3O11. The third-order valence-electron chi connectivity index (χ3n) is 3.85. The Labute approximate surface area is 177 Å². The molecule has 2 heterocycles. The zero-order chi connectivity index (χ0) is 22.6. The highest BCUT2D eigenvalue weighted by Crippen LogP contribution is 2.09. The number of nitrogens with zero attached hydrogens (tertiary/aromatic N) is 2. The molecule has 2 fully saturated rings. The van der Waals surface area contributed by atoms with Crippen LogP contribution in [0.2, 0.25) is 0 Å². The van der Waals surface area contributed by atoms with Crippen molar-refractivity contribution in [2.24, 2.45) is 0 Å². The van der Waals surface area contributed by atoms with Crippen molar-refractivity contribution in [2.75, 3.05) is 66.6 Å². The minimum absolute atomic E-state index is 0.00193. The number of hydrogen-bond acceptors (Lipinski definition) is 11. The molecule has 0 aromatic carbocycles. The number of ether oxygens (including phenoxy) is 6. The van der Waals surface area contributed by atoms with E-state index in [4.69, 9.17) is 28.4 Å². The number of methoxy groups -OCH3 is 1. The number of imide groups is 2. The second-order valence-electron chi connectivity index (χ2n) is 6.41. The van der Waals surface area contributed by atoms with E-state index in [2.05, 4.69) is 5.32 Å². The fraction of sp³-hybridized carbons (Fsp3) is 0.706. The maximum Gasteiger partial charge on any atom is 0.337 e. The Balaban J connectivity index is 1.87. The summed E-state index contributed by atoms with van der Waals surface area (Å²) in [6, 6.07) is -2.18. The van der Waals surface area contributed by atoms with Gasteiger partial charge in [-0.05, 0) is 0 Å². The van der Waals surface area contributed by atoms with Crippen LogP contribution in [-0.2, 0) is 42.8 Å². The van der Waals surface area contributed by atoms with Crippen LogP contribution in [0, 0.1) is 0 Å². The first-order valence-electron chi connectivity index (χ1n) is 9.37. The van der Waals surface area contributed by atoms with Crippen molar-refractivity contribution in [3.63, 3.8) is 0 Å². The molecule has 2 unspecified atom stereocenters. The predicted molar refractivity (Wildman–Crippen MR) is 97.5 cm³/mol. The van der Waals surface area contributed by atoms with Crippen LogP contribution in [0.4, 0.5) is 9.59 Å². The van der Waals surface area contributed by atoms with Gasteiger partial charge in [-0.1, -0.05) is 0 Å². The van der Waals surface area contributed by atoms with Gasteiger partial charge in [0.1, 0.15) is 45.2 Å². The Morgan fingerprint density at radius 3 is 2.19 bits per heavy atom. The number of carbonyl (C=O) groups is 5. The molecule has 0 spiro atoms. The normalized spacial score (nSPS) is 18.5. The second-order valence-corrected chi connectivity index (χ2v) is 6.41. The first-order valence-corrected chi connectivity index (χ1v) is 9.37. The monoisotopic (exact) mass is 447 g/mol. The molecule has 5 amide bonds. The lowest BCUT2D eigenvalue weighted by atomic mass is 10.5. The van der Waals surface area contributed by atoms with E-state index in [1.165, 1.54) is 7.11 Å². The van der Waals surface area contributed by atoms with Gasteiger partial charge in [0.05, 0.1) is 26.4 Å². The summed E-state index contributed by atoms with van der Waals surface area (Å²) in [5.74, 6) is -1.60. The Hall–Kier alpha value is -2.81. The smallest absolute Gasteiger partial charge is 0.337 e. The summed E-state index contributed by atoms with van der Waals surface area (Å²) in [6.07, 6.45) is -0.248. The van der Waals surface area contributed by atoms with E-state index in [9.17, 15) is 24.0 Å². The first-order chi connectivity index (χ1) is 14.9. The number of amides is 5. The lowest BCUT2D eigenvalue weighted by molar-refractivity contribution is -0.146. The van der Waals surface area contributed by atoms with Crippen LogP contribution >= 0.6 is 0 Å². The van der Waals surface area contributed by atoms with Gasteiger partial charge in [-0.25, -0.2) is 14.5 Å². The largest absolute Gasteiger partial charge is 0.462 e. The lowest BCUT2D eigenvalue weighted by Crippen LogP contribution is -2.52. The van der Waals surface area contributed by atoms with Crippen LogP contribution in [0.5, 0.6) is 0 Å². The maximum absolute atomic E-state index is 12.6. The average molecular weight is 447 g/mol. The van der Waals surface area contributed by atoms with E-state index in [1.807, 2.05) is 0 Å². The minimum Gasteiger partial charge on any atom is -0.462 e. The standard InChI is InChI=1S/C17H25N3O11/c1-26-2-3-27-11-20(16(24)18-4-14(22)30-8-12-6-28-12)17(25)19(10-21)5-15(23)31-9-13-7-29-13/h10,12-13H,2-9,11H2,1H3,(H,18,24). The molecule has 0 aromatic heterocycles. The number of hydrogen-bond donors (Lipinski definition) is 1. The summed E-state index contributed by atoms with van der Waals surface area (Å²) in [5.41, 5.74) is 0. The number of epoxide rings is 2. The number of nitrogens with one attached hydrogen (secondary N) is 1. The first kappa shape index (κ1) is 24.5. The Morgan fingerprint density at radius 1 is 1.03 bits per heavy atom. The van der Waals surface area contributed by atoms with Gasteiger partial charge in [-0.15, -0.1) is 0 Å². The molecule has 2 aliphatic heterocycles. The molecule has 14 heteroatoms. The van der Waals surface area contributed by atoms with Gasteiger partial charge in [0, 0.05) is 7.11 Å². The summed E-state index contributed by atoms with van der Waals surface area (Å²) in [4.78, 5) is 60.8. The fourth-order valence-electron chi connectivity index (χ4n) is 1.98. The molecule has 14 nitrogen and oxygen atoms in total. The molecule has 1 N–H and O–H groups in total. The van der Waals surface area contributed by atoms with Crippen LogP contribution in [-0.4, -0.2) is 119 Å². The molecule has 2 rings (SSSR count). The van der Waals surface area contributed by atoms with E-state index in [0.717, 1.165) is 0 Å². The SMILES string of the molecule is COCCOCN(C(=O)NCC(=O)OCC1CO1)C(=O)N(C=O)CC(=O)OCC1CO1. The van der Waals surface area contributed by atoms with Crippen LogP contribution in [0.15, 0.2) is 0 Å². The zero-order valence-corrected chi connectivity index (χ0v) is 17.0. The van der Waals surface area contributed by atoms with Gasteiger partial charge in [-0.2, -0.15) is 0 Å². The number of urea groups is 2. The Kier molecular flexibility index (Phi) is 10.1. The molecule has 0 aromatic rings. The van der Waals surface area contributed by atoms with E-state index in [0.29, 0.717) is 23.0 Å². The third-order valence-corrected chi connectivity index (χ3v) is 3.85. The summed E-state index contributed by atoms with van der Waals surface area (Å²) < 4.78 is 29.5. The quantitative estimate of drug-likeness (QED) is 0.104. The van der Waals surface area contributed by atoms with Crippen molar-refractivity contribution in [1.82, 2.24) is 15.1 Å². The van der Waals surface area contributed by atoms with Gasteiger partial charge < -0.3 is 33.7 Å². The second kappa shape index (κ2) is 12.8. The molecule has 0 saturated carbocycles. The molecule has 2 aliphatic rings. The molecule has 0 radical (unpaired) electrons. The highest BCUT2D eigenvalue weighted by Gasteiger charge is 2.30. The fourth-order valence-corrected chi connectivity index (χ4v) is 1.98.